The average molecular weight is 249 g/mol. The number of carboxylic acid groups (broad SMARTS) is 1. The molecule has 0 aromatic heterocycles. The lowest BCUT2D eigenvalue weighted by molar-refractivity contribution is -0.138. The third-order valence-corrected chi connectivity index (χ3v) is 1.76. The fourth-order valence-electron chi connectivity index (χ4n) is 0.842. The van der Waals surface area contributed by atoms with Crippen LogP contribution in [-0.4, -0.2) is 64.9 Å². The molecule has 0 aromatic carbocycles. The molecule has 0 aliphatic rings. The zero-order valence-corrected chi connectivity index (χ0v) is 8.92. The van der Waals surface area contributed by atoms with E-state index in [1.54, 1.807) is 0 Å². The van der Waals surface area contributed by atoms with Crippen LogP contribution < -0.4 is 16.4 Å². The number of carboxylic acids is 1. The molecule has 0 aromatic rings. The maximum Gasteiger partial charge on any atom is 0.322 e. The van der Waals surface area contributed by atoms with Crippen molar-refractivity contribution in [2.45, 2.75) is 12.1 Å². The van der Waals surface area contributed by atoms with Crippen molar-refractivity contribution in [2.24, 2.45) is 5.73 Å². The second-order valence-corrected chi connectivity index (χ2v) is 3.14. The van der Waals surface area contributed by atoms with Gasteiger partial charge < -0.3 is 31.7 Å². The van der Waals surface area contributed by atoms with Gasteiger partial charge >= 0.3 is 5.97 Å². The molecule has 0 heterocycles. The van der Waals surface area contributed by atoms with E-state index in [0.717, 1.165) is 0 Å². The van der Waals surface area contributed by atoms with Crippen molar-refractivity contribution in [1.29, 1.82) is 0 Å². The zero-order valence-electron chi connectivity index (χ0n) is 8.92. The second kappa shape index (κ2) is 7.54. The molecule has 0 saturated carbocycles. The number of carbonyl (C=O) groups is 3. The number of nitrogens with two attached hydrogens (primary N) is 1. The van der Waals surface area contributed by atoms with Crippen LogP contribution in [0.1, 0.15) is 0 Å². The minimum atomic E-state index is -1.31. The number of amides is 2. The van der Waals surface area contributed by atoms with Gasteiger partial charge in [-0.2, -0.15) is 0 Å². The van der Waals surface area contributed by atoms with Gasteiger partial charge in [-0.15, -0.1) is 0 Å². The molecule has 2 amide bonds. The molecular formula is C8H15N3O6. The summed E-state index contributed by atoms with van der Waals surface area (Å²) in [6.07, 6.45) is 0. The van der Waals surface area contributed by atoms with Crippen LogP contribution in [0.15, 0.2) is 0 Å². The van der Waals surface area contributed by atoms with E-state index < -0.39 is 49.6 Å². The molecule has 7 N–H and O–H groups in total. The Morgan fingerprint density at radius 1 is 1.12 bits per heavy atom. The van der Waals surface area contributed by atoms with E-state index >= 15 is 0 Å². The van der Waals surface area contributed by atoms with Crippen LogP contribution >= 0.6 is 0 Å². The van der Waals surface area contributed by atoms with Crippen LogP contribution in [0, 0.1) is 0 Å². The van der Waals surface area contributed by atoms with Crippen molar-refractivity contribution in [3.05, 3.63) is 0 Å². The Hall–Kier alpha value is -1.71. The Bertz CT molecular complexity index is 295. The van der Waals surface area contributed by atoms with E-state index in [-0.39, 0.29) is 0 Å². The lowest BCUT2D eigenvalue weighted by Crippen LogP contribution is -2.54. The number of nitrogens with one attached hydrogen (secondary N) is 2. The van der Waals surface area contributed by atoms with Gasteiger partial charge in [-0.25, -0.2) is 0 Å². The predicted molar refractivity (Wildman–Crippen MR) is 54.7 cm³/mol. The molecule has 0 aliphatic carbocycles. The minimum Gasteiger partial charge on any atom is -0.480 e. The average Bonchev–Trinajstić information content (AvgIpc) is 2.31. The molecule has 0 saturated heterocycles. The van der Waals surface area contributed by atoms with Crippen LogP contribution in [0.25, 0.3) is 0 Å². The molecule has 17 heavy (non-hydrogen) atoms. The predicted octanol–water partition coefficient (Wildman–Crippen LogP) is -4.02. The van der Waals surface area contributed by atoms with E-state index in [0.29, 0.717) is 0 Å². The Balaban J connectivity index is 4.27. The summed E-state index contributed by atoms with van der Waals surface area (Å²) in [5.41, 5.74) is 5.17. The van der Waals surface area contributed by atoms with E-state index in [4.69, 9.17) is 21.1 Å². The van der Waals surface area contributed by atoms with E-state index in [9.17, 15) is 14.4 Å². The van der Waals surface area contributed by atoms with Gasteiger partial charge in [-0.1, -0.05) is 0 Å². The highest BCUT2D eigenvalue weighted by atomic mass is 16.4. The van der Waals surface area contributed by atoms with Gasteiger partial charge in [0, 0.05) is 0 Å². The first-order chi connectivity index (χ1) is 7.92. The van der Waals surface area contributed by atoms with Crippen LogP contribution in [0.3, 0.4) is 0 Å². The van der Waals surface area contributed by atoms with Crippen molar-refractivity contribution < 1.29 is 29.7 Å². The maximum atomic E-state index is 11.3. The molecule has 0 fully saturated rings. The van der Waals surface area contributed by atoms with Crippen molar-refractivity contribution in [2.75, 3.05) is 19.8 Å². The van der Waals surface area contributed by atoms with Crippen molar-refractivity contribution in [3.8, 4) is 0 Å². The number of carbonyl (C=O) groups excluding carboxylic acids is 2. The number of aliphatic carboxylic acids is 1. The lowest BCUT2D eigenvalue weighted by Gasteiger charge is -2.17. The third kappa shape index (κ3) is 5.80. The number of hydrogen-bond acceptors (Lipinski definition) is 6. The lowest BCUT2D eigenvalue weighted by atomic mass is 10.2. The van der Waals surface area contributed by atoms with Gasteiger partial charge in [0.05, 0.1) is 13.2 Å². The quantitative estimate of drug-likeness (QED) is 0.267. The molecule has 9 nitrogen and oxygen atoms in total. The Morgan fingerprint density at radius 2 is 1.71 bits per heavy atom. The molecular weight excluding hydrogens is 234 g/mol. The summed E-state index contributed by atoms with van der Waals surface area (Å²) in [5.74, 6) is -2.93. The zero-order chi connectivity index (χ0) is 13.4. The van der Waals surface area contributed by atoms with Gasteiger partial charge in [0.1, 0.15) is 18.6 Å². The summed E-state index contributed by atoms with van der Waals surface area (Å²) in [4.78, 5) is 32.6. The monoisotopic (exact) mass is 249 g/mol. The van der Waals surface area contributed by atoms with E-state index in [1.165, 1.54) is 0 Å². The van der Waals surface area contributed by atoms with Crippen LogP contribution in [0.5, 0.6) is 0 Å². The molecule has 0 unspecified atom stereocenters. The molecule has 0 spiro atoms. The minimum absolute atomic E-state index is 0.610. The van der Waals surface area contributed by atoms with Crippen LogP contribution in [0.4, 0.5) is 0 Å². The van der Waals surface area contributed by atoms with E-state index in [1.807, 2.05) is 5.32 Å². The molecule has 98 valence electrons. The molecule has 0 radical (unpaired) electrons. The first-order valence-corrected chi connectivity index (χ1v) is 4.69. The topological polar surface area (TPSA) is 162 Å². The summed E-state index contributed by atoms with van der Waals surface area (Å²) in [6.45, 7) is -1.95. The standard InChI is InChI=1S/C8H15N3O6/c9-4(2-12)7(16)11-5(3-13)8(17)10-1-6(14)15/h4-5,12-13H,1-3,9H2,(H,10,17)(H,11,16)(H,14,15)/t4-,5-/m0/s1. The van der Waals surface area contributed by atoms with Crippen molar-refractivity contribution >= 4 is 17.8 Å². The summed E-state index contributed by atoms with van der Waals surface area (Å²) >= 11 is 0. The van der Waals surface area contributed by atoms with Crippen molar-refractivity contribution in [1.82, 2.24) is 10.6 Å². The fraction of sp³-hybridized carbons (Fsp3) is 0.625. The molecule has 0 bridgehead atoms. The Morgan fingerprint density at radius 3 is 2.12 bits per heavy atom. The highest BCUT2D eigenvalue weighted by Gasteiger charge is 2.22. The Kier molecular flexibility index (Phi) is 6.79. The van der Waals surface area contributed by atoms with Gasteiger partial charge in [-0.05, 0) is 0 Å². The highest BCUT2D eigenvalue weighted by molar-refractivity contribution is 5.91. The summed E-state index contributed by atoms with van der Waals surface area (Å²) in [7, 11) is 0. The van der Waals surface area contributed by atoms with Crippen LogP contribution in [-0.2, 0) is 14.4 Å². The number of hydrogen-bond donors (Lipinski definition) is 6. The third-order valence-electron chi connectivity index (χ3n) is 1.76. The SMILES string of the molecule is N[C@@H](CO)C(=O)N[C@@H](CO)C(=O)NCC(=O)O. The molecule has 0 rings (SSSR count). The highest BCUT2D eigenvalue weighted by Crippen LogP contribution is 1.86. The van der Waals surface area contributed by atoms with Gasteiger partial charge in [-0.3, -0.25) is 14.4 Å². The first kappa shape index (κ1) is 15.3. The smallest absolute Gasteiger partial charge is 0.322 e. The van der Waals surface area contributed by atoms with Crippen LogP contribution in [0.2, 0.25) is 0 Å². The van der Waals surface area contributed by atoms with Gasteiger partial charge in [0.2, 0.25) is 11.8 Å². The Labute approximate surface area is 96.6 Å². The summed E-state index contributed by atoms with van der Waals surface area (Å²) < 4.78 is 0. The summed E-state index contributed by atoms with van der Waals surface area (Å²) in [6, 6.07) is -2.52. The largest absolute Gasteiger partial charge is 0.480 e. The number of aliphatic hydroxyl groups is 2. The molecule has 2 atom stereocenters. The maximum absolute atomic E-state index is 11.3. The number of aliphatic hydroxyl groups excluding tert-OH is 2. The second-order valence-electron chi connectivity index (χ2n) is 3.14. The first-order valence-electron chi connectivity index (χ1n) is 4.69. The van der Waals surface area contributed by atoms with Gasteiger partial charge in [0.15, 0.2) is 0 Å². The molecule has 0 aliphatic heterocycles. The fourth-order valence-corrected chi connectivity index (χ4v) is 0.842. The molecule has 9 heteroatoms. The van der Waals surface area contributed by atoms with Gasteiger partial charge in [0.25, 0.3) is 0 Å². The summed E-state index contributed by atoms with van der Waals surface area (Å²) in [5, 5.41) is 29.8. The normalized spacial score (nSPS) is 13.6. The number of rotatable bonds is 7. The van der Waals surface area contributed by atoms with E-state index in [2.05, 4.69) is 5.32 Å². The van der Waals surface area contributed by atoms with Crippen molar-refractivity contribution in [3.63, 3.8) is 0 Å².